The summed E-state index contributed by atoms with van der Waals surface area (Å²) in [6.07, 6.45) is 1.31. The van der Waals surface area contributed by atoms with Gasteiger partial charge >= 0.3 is 12.1 Å². The van der Waals surface area contributed by atoms with Gasteiger partial charge < -0.3 is 20.9 Å². The van der Waals surface area contributed by atoms with Crippen molar-refractivity contribution >= 4 is 12.1 Å². The number of hydrogen-bond acceptors (Lipinski definition) is 4. The van der Waals surface area contributed by atoms with Crippen LogP contribution in [0.5, 0.6) is 0 Å². The van der Waals surface area contributed by atoms with Crippen molar-refractivity contribution in [3.05, 3.63) is 0 Å². The number of rotatable bonds is 3. The highest BCUT2D eigenvalue weighted by Crippen LogP contribution is 2.40. The molecule has 0 heterocycles. The largest absolute Gasteiger partial charge is 0.480 e. The first-order chi connectivity index (χ1) is 8.00. The van der Waals surface area contributed by atoms with E-state index in [0.717, 1.165) is 6.42 Å². The Kier molecular flexibility index (Phi) is 3.63. The number of carboxylic acid groups (broad SMARTS) is 1. The summed E-state index contributed by atoms with van der Waals surface area (Å²) in [6, 6.07) is 0. The molecular formula is C12H22N2O4. The van der Waals surface area contributed by atoms with E-state index < -0.39 is 28.7 Å². The summed E-state index contributed by atoms with van der Waals surface area (Å²) in [5.74, 6) is -1.13. The first-order valence-corrected chi connectivity index (χ1v) is 6.04. The third kappa shape index (κ3) is 2.75. The highest BCUT2D eigenvalue weighted by molar-refractivity contribution is 5.82. The molecule has 0 unspecified atom stereocenters. The predicted molar refractivity (Wildman–Crippen MR) is 66.2 cm³/mol. The number of nitrogens with two attached hydrogens (primary N) is 1. The lowest BCUT2D eigenvalue weighted by Gasteiger charge is -2.50. The molecule has 1 amide bonds. The van der Waals surface area contributed by atoms with E-state index in [-0.39, 0.29) is 0 Å². The molecule has 0 aliphatic heterocycles. The van der Waals surface area contributed by atoms with Gasteiger partial charge in [-0.05, 0) is 47.0 Å². The molecule has 1 aliphatic rings. The van der Waals surface area contributed by atoms with Gasteiger partial charge in [0.1, 0.15) is 11.1 Å². The van der Waals surface area contributed by atoms with E-state index in [9.17, 15) is 14.7 Å². The van der Waals surface area contributed by atoms with E-state index in [1.807, 2.05) is 0 Å². The van der Waals surface area contributed by atoms with Gasteiger partial charge in [0, 0.05) is 0 Å². The summed E-state index contributed by atoms with van der Waals surface area (Å²) in [4.78, 5) is 23.0. The third-order valence-corrected chi connectivity index (χ3v) is 3.39. The maximum Gasteiger partial charge on any atom is 0.408 e. The molecule has 1 rings (SSSR count). The van der Waals surface area contributed by atoms with E-state index in [1.165, 1.54) is 6.92 Å². The Hall–Kier alpha value is -1.30. The second-order valence-electron chi connectivity index (χ2n) is 6.07. The van der Waals surface area contributed by atoms with Gasteiger partial charge in [-0.15, -0.1) is 0 Å². The monoisotopic (exact) mass is 258 g/mol. The van der Waals surface area contributed by atoms with Crippen LogP contribution >= 0.6 is 0 Å². The molecule has 1 aliphatic carbocycles. The van der Waals surface area contributed by atoms with Crippen molar-refractivity contribution in [1.29, 1.82) is 0 Å². The zero-order valence-electron chi connectivity index (χ0n) is 11.4. The molecule has 4 N–H and O–H groups in total. The predicted octanol–water partition coefficient (Wildman–Crippen LogP) is 1.24. The molecular weight excluding hydrogens is 236 g/mol. The van der Waals surface area contributed by atoms with Crippen LogP contribution in [0, 0.1) is 0 Å². The molecule has 1 saturated carbocycles. The maximum absolute atomic E-state index is 11.8. The van der Waals surface area contributed by atoms with Crippen molar-refractivity contribution in [1.82, 2.24) is 5.32 Å². The molecule has 0 saturated heterocycles. The van der Waals surface area contributed by atoms with E-state index >= 15 is 0 Å². The molecule has 104 valence electrons. The Bertz CT molecular complexity index is 354. The number of alkyl carbamates (subject to hydrolysis) is 1. The van der Waals surface area contributed by atoms with Gasteiger partial charge in [0.2, 0.25) is 0 Å². The van der Waals surface area contributed by atoms with Crippen LogP contribution in [0.3, 0.4) is 0 Å². The number of hydrogen-bond donors (Lipinski definition) is 3. The SMILES string of the molecule is CC(C)(C)OC(=O)NC1([C@](C)(N)C(=O)O)CCC1. The van der Waals surface area contributed by atoms with Crippen LogP contribution in [0.15, 0.2) is 0 Å². The minimum Gasteiger partial charge on any atom is -0.480 e. The number of nitrogens with one attached hydrogen (secondary N) is 1. The van der Waals surface area contributed by atoms with Gasteiger partial charge in [-0.2, -0.15) is 0 Å². The topological polar surface area (TPSA) is 102 Å². The van der Waals surface area contributed by atoms with Gasteiger partial charge in [0.15, 0.2) is 0 Å². The van der Waals surface area contributed by atoms with Gasteiger partial charge in [0.25, 0.3) is 0 Å². The van der Waals surface area contributed by atoms with Crippen LogP contribution in [-0.2, 0) is 9.53 Å². The number of amides is 1. The zero-order chi connectivity index (χ0) is 14.2. The lowest BCUT2D eigenvalue weighted by molar-refractivity contribution is -0.148. The Morgan fingerprint density at radius 2 is 1.78 bits per heavy atom. The summed E-state index contributed by atoms with van der Waals surface area (Å²) >= 11 is 0. The van der Waals surface area contributed by atoms with Crippen molar-refractivity contribution in [2.24, 2.45) is 5.73 Å². The number of carbonyl (C=O) groups is 2. The van der Waals surface area contributed by atoms with Crippen LogP contribution in [-0.4, -0.2) is 33.8 Å². The first kappa shape index (κ1) is 14.8. The minimum atomic E-state index is -1.50. The highest BCUT2D eigenvalue weighted by atomic mass is 16.6. The van der Waals surface area contributed by atoms with E-state index in [4.69, 9.17) is 10.5 Å². The number of ether oxygens (including phenoxy) is 1. The minimum absolute atomic E-state index is 0.547. The van der Waals surface area contributed by atoms with Crippen LogP contribution in [0.4, 0.5) is 4.79 Å². The van der Waals surface area contributed by atoms with Crippen molar-refractivity contribution < 1.29 is 19.4 Å². The summed E-state index contributed by atoms with van der Waals surface area (Å²) < 4.78 is 5.15. The Balaban J connectivity index is 2.79. The summed E-state index contributed by atoms with van der Waals surface area (Å²) in [5, 5.41) is 11.8. The molecule has 1 fully saturated rings. The van der Waals surface area contributed by atoms with Crippen LogP contribution < -0.4 is 11.1 Å². The standard InChI is InChI=1S/C12H22N2O4/c1-10(2,3)18-9(17)14-12(6-5-7-12)11(4,13)8(15)16/h5-7,13H2,1-4H3,(H,14,17)(H,15,16)/t11-/m1/s1. The van der Waals surface area contributed by atoms with Crippen molar-refractivity contribution in [2.45, 2.75) is 63.6 Å². The highest BCUT2D eigenvalue weighted by Gasteiger charge is 2.56. The molecule has 0 aromatic carbocycles. The molecule has 1 atom stereocenters. The van der Waals surface area contributed by atoms with Crippen molar-refractivity contribution in [2.75, 3.05) is 0 Å². The second kappa shape index (κ2) is 4.42. The van der Waals surface area contributed by atoms with Crippen LogP contribution in [0.1, 0.15) is 47.0 Å². The maximum atomic E-state index is 11.8. The molecule has 0 bridgehead atoms. The lowest BCUT2D eigenvalue weighted by Crippen LogP contribution is -2.74. The van der Waals surface area contributed by atoms with Gasteiger partial charge in [-0.3, -0.25) is 4.79 Å². The quantitative estimate of drug-likeness (QED) is 0.706. The average molecular weight is 258 g/mol. The first-order valence-electron chi connectivity index (χ1n) is 6.04. The number of aliphatic carboxylic acids is 1. The van der Waals surface area contributed by atoms with Crippen molar-refractivity contribution in [3.63, 3.8) is 0 Å². The average Bonchev–Trinajstić information content (AvgIpc) is 2.07. The summed E-state index contributed by atoms with van der Waals surface area (Å²) in [6.45, 7) is 6.67. The lowest BCUT2D eigenvalue weighted by atomic mass is 9.64. The van der Waals surface area contributed by atoms with Gasteiger partial charge in [-0.1, -0.05) is 0 Å². The summed E-state index contributed by atoms with van der Waals surface area (Å²) in [5.41, 5.74) is 2.81. The molecule has 6 heteroatoms. The molecule has 6 nitrogen and oxygen atoms in total. The van der Waals surface area contributed by atoms with Gasteiger partial charge in [0.05, 0.1) is 5.54 Å². The van der Waals surface area contributed by atoms with E-state index in [1.54, 1.807) is 20.8 Å². The Morgan fingerprint density at radius 3 is 2.06 bits per heavy atom. The summed E-state index contributed by atoms with van der Waals surface area (Å²) in [7, 11) is 0. The molecule has 0 aromatic rings. The van der Waals surface area contributed by atoms with Crippen LogP contribution in [0.2, 0.25) is 0 Å². The van der Waals surface area contributed by atoms with E-state index in [2.05, 4.69) is 5.32 Å². The fourth-order valence-corrected chi connectivity index (χ4v) is 2.01. The van der Waals surface area contributed by atoms with Crippen LogP contribution in [0.25, 0.3) is 0 Å². The van der Waals surface area contributed by atoms with Crippen molar-refractivity contribution in [3.8, 4) is 0 Å². The third-order valence-electron chi connectivity index (χ3n) is 3.39. The van der Waals surface area contributed by atoms with Gasteiger partial charge in [-0.25, -0.2) is 4.79 Å². The fourth-order valence-electron chi connectivity index (χ4n) is 2.01. The number of carbonyl (C=O) groups excluding carboxylic acids is 1. The van der Waals surface area contributed by atoms with E-state index in [0.29, 0.717) is 12.8 Å². The molecule has 18 heavy (non-hydrogen) atoms. The zero-order valence-corrected chi connectivity index (χ0v) is 11.4. The Morgan fingerprint density at radius 1 is 1.28 bits per heavy atom. The molecule has 0 aromatic heterocycles. The number of carboxylic acids is 1. The molecule has 0 radical (unpaired) electrons. The Labute approximate surface area is 107 Å². The molecule has 0 spiro atoms. The second-order valence-corrected chi connectivity index (χ2v) is 6.07. The normalized spacial score (nSPS) is 21.4. The fraction of sp³-hybridized carbons (Fsp3) is 0.833. The smallest absolute Gasteiger partial charge is 0.408 e.